The third kappa shape index (κ3) is 4.95. The normalized spacial score (nSPS) is 15.4. The van der Waals surface area contributed by atoms with E-state index in [1.54, 1.807) is 18.2 Å². The van der Waals surface area contributed by atoms with Crippen LogP contribution in [-0.4, -0.2) is 59.1 Å². The molecule has 0 amide bonds. The lowest BCUT2D eigenvalue weighted by atomic mass is 10.1. The molecule has 33 heavy (non-hydrogen) atoms. The monoisotopic (exact) mass is 462 g/mol. The standard InChI is InChI=1S/C23H25F3N4O3/c1-32-19-8-7-15(11-20(19)33-2)16-12-21(23(24,25)26)30-22(27-16)13-17(28-30)18(31)14-29-9-5-3-4-6-10-29/h7-8,11-13H,3-6,9-10,14H2,1-2H3. The number of aromatic nitrogens is 3. The van der Waals surface area contributed by atoms with Crippen molar-refractivity contribution < 1.29 is 27.4 Å². The average molecular weight is 462 g/mol. The number of methoxy groups -OCH3 is 2. The van der Waals surface area contributed by atoms with E-state index in [0.717, 1.165) is 44.8 Å². The average Bonchev–Trinajstić information content (AvgIpc) is 3.07. The highest BCUT2D eigenvalue weighted by Crippen LogP contribution is 2.35. The Morgan fingerprint density at radius 2 is 1.70 bits per heavy atom. The van der Waals surface area contributed by atoms with E-state index >= 15 is 0 Å². The van der Waals surface area contributed by atoms with Crippen molar-refractivity contribution >= 4 is 11.4 Å². The van der Waals surface area contributed by atoms with Crippen molar-refractivity contribution in [3.8, 4) is 22.8 Å². The number of carbonyl (C=O) groups excluding carboxylic acids is 1. The first kappa shape index (κ1) is 23.0. The number of hydrogen-bond donors (Lipinski definition) is 0. The van der Waals surface area contributed by atoms with Gasteiger partial charge in [0, 0.05) is 11.6 Å². The topological polar surface area (TPSA) is 69.0 Å². The maximum Gasteiger partial charge on any atom is 0.433 e. The van der Waals surface area contributed by atoms with E-state index in [4.69, 9.17) is 9.47 Å². The summed E-state index contributed by atoms with van der Waals surface area (Å²) in [5.41, 5.74) is -0.580. The number of alkyl halides is 3. The second kappa shape index (κ2) is 9.38. The van der Waals surface area contributed by atoms with Gasteiger partial charge in [-0.05, 0) is 50.2 Å². The molecule has 0 unspecified atom stereocenters. The molecule has 4 rings (SSSR count). The Kier molecular flexibility index (Phi) is 6.55. The zero-order valence-corrected chi connectivity index (χ0v) is 18.5. The Morgan fingerprint density at radius 1 is 1.00 bits per heavy atom. The summed E-state index contributed by atoms with van der Waals surface area (Å²) in [6.07, 6.45) is -0.433. The van der Waals surface area contributed by atoms with Crippen LogP contribution in [0.25, 0.3) is 16.9 Å². The number of hydrogen-bond acceptors (Lipinski definition) is 6. The van der Waals surface area contributed by atoms with Crippen LogP contribution < -0.4 is 9.47 Å². The summed E-state index contributed by atoms with van der Waals surface area (Å²) in [5.74, 6) is 0.499. The molecule has 1 aromatic carbocycles. The first-order valence-electron chi connectivity index (χ1n) is 10.8. The molecule has 1 aliphatic heterocycles. The zero-order chi connectivity index (χ0) is 23.6. The first-order chi connectivity index (χ1) is 15.8. The smallest absolute Gasteiger partial charge is 0.433 e. The predicted molar refractivity (Wildman–Crippen MR) is 116 cm³/mol. The highest BCUT2D eigenvalue weighted by Gasteiger charge is 2.36. The minimum Gasteiger partial charge on any atom is -0.493 e. The second-order valence-corrected chi connectivity index (χ2v) is 8.01. The van der Waals surface area contributed by atoms with Crippen molar-refractivity contribution in [1.82, 2.24) is 19.5 Å². The molecular formula is C23H25F3N4O3. The maximum atomic E-state index is 13.9. The Labute approximate surface area is 189 Å². The fourth-order valence-corrected chi connectivity index (χ4v) is 4.03. The van der Waals surface area contributed by atoms with Crippen LogP contribution in [0.5, 0.6) is 11.5 Å². The third-order valence-corrected chi connectivity index (χ3v) is 5.75. The molecule has 0 aliphatic carbocycles. The van der Waals surface area contributed by atoms with Crippen LogP contribution in [0.2, 0.25) is 0 Å². The van der Waals surface area contributed by atoms with E-state index in [1.807, 2.05) is 4.90 Å². The molecule has 0 spiro atoms. The molecule has 0 bridgehead atoms. The number of ether oxygens (including phenoxy) is 2. The molecule has 7 nitrogen and oxygen atoms in total. The van der Waals surface area contributed by atoms with E-state index in [9.17, 15) is 18.0 Å². The van der Waals surface area contributed by atoms with Crippen LogP contribution >= 0.6 is 0 Å². The van der Waals surface area contributed by atoms with Gasteiger partial charge in [0.1, 0.15) is 5.69 Å². The fourth-order valence-electron chi connectivity index (χ4n) is 4.03. The van der Waals surface area contributed by atoms with Crippen molar-refractivity contribution in [2.75, 3.05) is 33.9 Å². The van der Waals surface area contributed by atoms with Gasteiger partial charge in [0.05, 0.1) is 26.5 Å². The number of likely N-dealkylation sites (tertiary alicyclic amines) is 1. The summed E-state index contributed by atoms with van der Waals surface area (Å²) in [4.78, 5) is 19.2. The van der Waals surface area contributed by atoms with Gasteiger partial charge >= 0.3 is 6.18 Å². The van der Waals surface area contributed by atoms with E-state index in [-0.39, 0.29) is 29.4 Å². The largest absolute Gasteiger partial charge is 0.493 e. The van der Waals surface area contributed by atoms with Gasteiger partial charge in [0.15, 0.2) is 28.6 Å². The van der Waals surface area contributed by atoms with E-state index in [2.05, 4.69) is 10.1 Å². The lowest BCUT2D eigenvalue weighted by Crippen LogP contribution is -2.31. The van der Waals surface area contributed by atoms with Crippen LogP contribution in [0.3, 0.4) is 0 Å². The molecule has 1 aliphatic rings. The molecule has 3 aromatic rings. The Hall–Kier alpha value is -3.14. The number of rotatable bonds is 6. The molecule has 1 saturated heterocycles. The summed E-state index contributed by atoms with van der Waals surface area (Å²) in [6.45, 7) is 1.73. The van der Waals surface area contributed by atoms with E-state index < -0.39 is 11.9 Å². The second-order valence-electron chi connectivity index (χ2n) is 8.01. The minimum atomic E-state index is -4.69. The van der Waals surface area contributed by atoms with Gasteiger partial charge in [-0.15, -0.1) is 0 Å². The number of halogens is 3. The van der Waals surface area contributed by atoms with Crippen molar-refractivity contribution in [3.05, 3.63) is 41.7 Å². The lowest BCUT2D eigenvalue weighted by molar-refractivity contribution is -0.142. The van der Waals surface area contributed by atoms with Crippen molar-refractivity contribution in [2.24, 2.45) is 0 Å². The van der Waals surface area contributed by atoms with Gasteiger partial charge in [-0.25, -0.2) is 9.50 Å². The van der Waals surface area contributed by atoms with Gasteiger partial charge in [-0.3, -0.25) is 9.69 Å². The molecule has 10 heteroatoms. The molecule has 1 fully saturated rings. The maximum absolute atomic E-state index is 13.9. The molecule has 176 valence electrons. The van der Waals surface area contributed by atoms with E-state index in [1.165, 1.54) is 20.3 Å². The van der Waals surface area contributed by atoms with E-state index in [0.29, 0.717) is 21.6 Å². The number of fused-ring (bicyclic) bond motifs is 1. The Morgan fingerprint density at radius 3 is 2.33 bits per heavy atom. The summed E-state index contributed by atoms with van der Waals surface area (Å²) >= 11 is 0. The Balaban J connectivity index is 1.73. The molecular weight excluding hydrogens is 437 g/mol. The molecule has 2 aromatic heterocycles. The van der Waals surface area contributed by atoms with Gasteiger partial charge in [0.2, 0.25) is 0 Å². The number of benzene rings is 1. The molecule has 0 saturated carbocycles. The predicted octanol–water partition coefficient (Wildman–Crippen LogP) is 4.49. The van der Waals surface area contributed by atoms with Crippen molar-refractivity contribution in [2.45, 2.75) is 31.9 Å². The fraction of sp³-hybridized carbons (Fsp3) is 0.435. The van der Waals surface area contributed by atoms with Gasteiger partial charge in [0.25, 0.3) is 0 Å². The van der Waals surface area contributed by atoms with Gasteiger partial charge < -0.3 is 9.47 Å². The number of Topliss-reactive ketones (excluding diaryl/α,β-unsaturated/α-hetero) is 1. The molecule has 0 radical (unpaired) electrons. The first-order valence-corrected chi connectivity index (χ1v) is 10.8. The van der Waals surface area contributed by atoms with Crippen LogP contribution in [0, 0.1) is 0 Å². The van der Waals surface area contributed by atoms with Crippen LogP contribution in [0.4, 0.5) is 13.2 Å². The van der Waals surface area contributed by atoms with Gasteiger partial charge in [-0.2, -0.15) is 18.3 Å². The summed E-state index contributed by atoms with van der Waals surface area (Å²) < 4.78 is 52.8. The zero-order valence-electron chi connectivity index (χ0n) is 18.5. The molecule has 0 atom stereocenters. The Bertz CT molecular complexity index is 1150. The lowest BCUT2D eigenvalue weighted by Gasteiger charge is -2.17. The number of nitrogens with zero attached hydrogens (tertiary/aromatic N) is 4. The van der Waals surface area contributed by atoms with Crippen LogP contribution in [0.1, 0.15) is 41.9 Å². The summed E-state index contributed by atoms with van der Waals surface area (Å²) in [5, 5.41) is 3.98. The minimum absolute atomic E-state index is 0.0262. The van der Waals surface area contributed by atoms with Gasteiger partial charge in [-0.1, -0.05) is 12.8 Å². The summed E-state index contributed by atoms with van der Waals surface area (Å²) in [7, 11) is 2.92. The number of ketones is 1. The van der Waals surface area contributed by atoms with Crippen LogP contribution in [-0.2, 0) is 6.18 Å². The molecule has 3 heterocycles. The quantitative estimate of drug-likeness (QED) is 0.503. The van der Waals surface area contributed by atoms with Crippen LogP contribution in [0.15, 0.2) is 30.3 Å². The third-order valence-electron chi connectivity index (χ3n) is 5.75. The highest BCUT2D eigenvalue weighted by atomic mass is 19.4. The van der Waals surface area contributed by atoms with Crippen molar-refractivity contribution in [1.29, 1.82) is 0 Å². The number of carbonyl (C=O) groups is 1. The summed E-state index contributed by atoms with van der Waals surface area (Å²) in [6, 6.07) is 6.99. The van der Waals surface area contributed by atoms with Crippen molar-refractivity contribution in [3.63, 3.8) is 0 Å². The molecule has 0 N–H and O–H groups in total. The SMILES string of the molecule is COc1ccc(-c2cc(C(F)(F)F)n3nc(C(=O)CN4CCCCCC4)cc3n2)cc1OC. The highest BCUT2D eigenvalue weighted by molar-refractivity contribution is 5.96.